The largest absolute Gasteiger partial charge is 0.387 e. The first-order valence-corrected chi connectivity index (χ1v) is 11.8. The fraction of sp³-hybridized carbons (Fsp3) is 0.417. The highest BCUT2D eigenvalue weighted by molar-refractivity contribution is 5.85. The Balaban J connectivity index is 1.19. The van der Waals surface area contributed by atoms with E-state index >= 15 is 0 Å². The van der Waals surface area contributed by atoms with E-state index in [0.717, 1.165) is 19.3 Å². The molecule has 35 heavy (non-hydrogen) atoms. The molecule has 1 saturated carbocycles. The molecule has 1 saturated heterocycles. The van der Waals surface area contributed by atoms with Crippen LogP contribution in [-0.4, -0.2) is 71.1 Å². The lowest BCUT2D eigenvalue weighted by atomic mass is 10.1. The zero-order chi connectivity index (χ0) is 24.1. The molecule has 6 rings (SSSR count). The fourth-order valence-corrected chi connectivity index (χ4v) is 4.72. The summed E-state index contributed by atoms with van der Waals surface area (Å²) >= 11 is 0. The number of carbonyl (C=O) groups excluding carboxylic acids is 1. The molecule has 11 heteroatoms. The van der Waals surface area contributed by atoms with Gasteiger partial charge in [-0.15, -0.1) is 0 Å². The van der Waals surface area contributed by atoms with E-state index in [1.807, 2.05) is 19.2 Å². The van der Waals surface area contributed by atoms with E-state index in [9.17, 15) is 15.0 Å². The lowest BCUT2D eigenvalue weighted by Crippen LogP contribution is -2.43. The molecule has 1 aliphatic heterocycles. The summed E-state index contributed by atoms with van der Waals surface area (Å²) in [7, 11) is 2.04. The maximum Gasteiger partial charge on any atom is 0.252 e. The van der Waals surface area contributed by atoms with Gasteiger partial charge in [-0.2, -0.15) is 0 Å². The van der Waals surface area contributed by atoms with Gasteiger partial charge in [0, 0.05) is 36.7 Å². The van der Waals surface area contributed by atoms with Crippen molar-refractivity contribution in [3.05, 3.63) is 48.7 Å². The second kappa shape index (κ2) is 8.59. The molecule has 11 nitrogen and oxygen atoms in total. The molecule has 1 aliphatic carbocycles. The maximum atomic E-state index is 12.4. The van der Waals surface area contributed by atoms with Crippen LogP contribution in [0.1, 0.15) is 24.6 Å². The minimum absolute atomic E-state index is 0.124. The first-order valence-electron chi connectivity index (χ1n) is 11.8. The van der Waals surface area contributed by atoms with Gasteiger partial charge in [-0.05, 0) is 30.9 Å². The summed E-state index contributed by atoms with van der Waals surface area (Å²) in [6.07, 6.45) is 2.85. The summed E-state index contributed by atoms with van der Waals surface area (Å²) in [4.78, 5) is 25.5. The predicted octanol–water partition coefficient (Wildman–Crippen LogP) is 0.870. The molecule has 1 aromatic carbocycles. The Morgan fingerprint density at radius 2 is 2.00 bits per heavy atom. The Kier molecular flexibility index (Phi) is 5.39. The van der Waals surface area contributed by atoms with Crippen LogP contribution in [0.5, 0.6) is 0 Å². The van der Waals surface area contributed by atoms with Gasteiger partial charge < -0.3 is 30.2 Å². The molecule has 4 N–H and O–H groups in total. The predicted molar refractivity (Wildman–Crippen MR) is 128 cm³/mol. The number of hydrogen-bond acceptors (Lipinski definition) is 8. The van der Waals surface area contributed by atoms with E-state index in [1.54, 1.807) is 0 Å². The van der Waals surface area contributed by atoms with Gasteiger partial charge in [0.1, 0.15) is 18.5 Å². The Hall–Kier alpha value is -3.54. The molecule has 0 bridgehead atoms. The summed E-state index contributed by atoms with van der Waals surface area (Å²) in [5, 5.41) is 28.4. The second-order valence-corrected chi connectivity index (χ2v) is 9.22. The molecule has 4 atom stereocenters. The molecule has 4 heterocycles. The van der Waals surface area contributed by atoms with E-state index in [0.29, 0.717) is 23.5 Å². The third-order valence-corrected chi connectivity index (χ3v) is 6.72. The Morgan fingerprint density at radius 1 is 1.17 bits per heavy atom. The summed E-state index contributed by atoms with van der Waals surface area (Å²) in [5.41, 5.74) is 3.37. The highest BCUT2D eigenvalue weighted by atomic mass is 16.6. The molecular weight excluding hydrogens is 450 g/mol. The van der Waals surface area contributed by atoms with Crippen LogP contribution in [0.2, 0.25) is 0 Å². The van der Waals surface area contributed by atoms with Gasteiger partial charge in [0.05, 0.1) is 6.33 Å². The van der Waals surface area contributed by atoms with E-state index < -0.39 is 30.4 Å². The molecule has 2 aliphatic rings. The van der Waals surface area contributed by atoms with E-state index in [4.69, 9.17) is 4.74 Å². The summed E-state index contributed by atoms with van der Waals surface area (Å²) in [6.45, 7) is 0.637. The van der Waals surface area contributed by atoms with Crippen molar-refractivity contribution >= 4 is 33.8 Å². The SMILES string of the molecule is Cn1cc(CCNc2ncnc3c2ncn3C2O[C@H](C(=O)NC3CC3)[C@@H](O)[C@H]2O)c2ccccc21. The maximum absolute atomic E-state index is 12.4. The number of imidazole rings is 1. The van der Waals surface area contributed by atoms with Crippen LogP contribution < -0.4 is 10.6 Å². The Morgan fingerprint density at radius 3 is 2.83 bits per heavy atom. The average molecular weight is 478 g/mol. The van der Waals surface area contributed by atoms with Crippen molar-refractivity contribution in [2.75, 3.05) is 11.9 Å². The number of para-hydroxylation sites is 1. The fourth-order valence-electron chi connectivity index (χ4n) is 4.72. The number of aliphatic hydroxyl groups excluding tert-OH is 2. The molecule has 1 amide bonds. The number of nitrogens with zero attached hydrogens (tertiary/aromatic N) is 5. The monoisotopic (exact) mass is 477 g/mol. The van der Waals surface area contributed by atoms with Crippen molar-refractivity contribution in [3.63, 3.8) is 0 Å². The van der Waals surface area contributed by atoms with Crippen LogP contribution in [0.15, 0.2) is 43.1 Å². The normalized spacial score (nSPS) is 24.3. The van der Waals surface area contributed by atoms with Crippen LogP contribution in [0.4, 0.5) is 5.82 Å². The number of nitrogens with one attached hydrogen (secondary N) is 2. The summed E-state index contributed by atoms with van der Waals surface area (Å²) in [6, 6.07) is 8.41. The number of hydrogen-bond donors (Lipinski definition) is 4. The van der Waals surface area contributed by atoms with Gasteiger partial charge in [0.15, 0.2) is 29.3 Å². The molecule has 4 aromatic rings. The third-order valence-electron chi connectivity index (χ3n) is 6.72. The molecule has 3 aromatic heterocycles. The van der Waals surface area contributed by atoms with Gasteiger partial charge in [0.2, 0.25) is 0 Å². The van der Waals surface area contributed by atoms with Crippen LogP contribution in [-0.2, 0) is 23.0 Å². The number of anilines is 1. The number of carbonyl (C=O) groups is 1. The number of amides is 1. The van der Waals surface area contributed by atoms with Crippen molar-refractivity contribution < 1.29 is 19.7 Å². The van der Waals surface area contributed by atoms with Gasteiger partial charge in [-0.3, -0.25) is 9.36 Å². The minimum Gasteiger partial charge on any atom is -0.387 e. The summed E-state index contributed by atoms with van der Waals surface area (Å²) in [5.74, 6) is 0.140. The number of aryl methyl sites for hydroxylation is 1. The third kappa shape index (κ3) is 3.91. The molecular formula is C24H27N7O4. The highest BCUT2D eigenvalue weighted by Crippen LogP contribution is 2.33. The lowest BCUT2D eigenvalue weighted by molar-refractivity contribution is -0.137. The smallest absolute Gasteiger partial charge is 0.252 e. The first-order chi connectivity index (χ1) is 17.0. The number of benzene rings is 1. The Labute approximate surface area is 200 Å². The average Bonchev–Trinajstić information content (AvgIpc) is 3.37. The van der Waals surface area contributed by atoms with Crippen molar-refractivity contribution in [3.8, 4) is 0 Å². The quantitative estimate of drug-likeness (QED) is 0.308. The van der Waals surface area contributed by atoms with Crippen LogP contribution in [0.25, 0.3) is 22.1 Å². The van der Waals surface area contributed by atoms with Crippen LogP contribution >= 0.6 is 0 Å². The minimum atomic E-state index is -1.35. The number of ether oxygens (including phenoxy) is 1. The number of aromatic nitrogens is 5. The highest BCUT2D eigenvalue weighted by Gasteiger charge is 2.48. The van der Waals surface area contributed by atoms with Crippen molar-refractivity contribution in [1.29, 1.82) is 0 Å². The molecule has 2 fully saturated rings. The van der Waals surface area contributed by atoms with E-state index in [2.05, 4.69) is 48.5 Å². The number of rotatable bonds is 7. The molecule has 182 valence electrons. The zero-order valence-corrected chi connectivity index (χ0v) is 19.2. The van der Waals surface area contributed by atoms with E-state index in [-0.39, 0.29) is 6.04 Å². The summed E-state index contributed by atoms with van der Waals surface area (Å²) < 4.78 is 9.43. The topological polar surface area (TPSA) is 139 Å². The molecule has 1 unspecified atom stereocenters. The number of aliphatic hydroxyl groups is 2. The van der Waals surface area contributed by atoms with E-state index in [1.165, 1.54) is 33.7 Å². The second-order valence-electron chi connectivity index (χ2n) is 9.22. The standard InChI is InChI=1S/C24H27N7O4/c1-30-10-13(15-4-2-3-5-16(15)30)8-9-25-21-17-22(27-11-26-21)31(12-28-17)24-19(33)18(32)20(35-24)23(34)29-14-6-7-14/h2-5,10-12,14,18-20,24,32-33H,6-9H2,1H3,(H,29,34)(H,25,26,27)/t18-,19+,20-,24?/m0/s1. The van der Waals surface area contributed by atoms with Gasteiger partial charge in [-0.1, -0.05) is 18.2 Å². The van der Waals surface area contributed by atoms with Crippen LogP contribution in [0.3, 0.4) is 0 Å². The molecule has 0 spiro atoms. The zero-order valence-electron chi connectivity index (χ0n) is 19.2. The first kappa shape index (κ1) is 22.0. The lowest BCUT2D eigenvalue weighted by Gasteiger charge is -2.16. The Bertz CT molecular complexity index is 1400. The number of fused-ring (bicyclic) bond motifs is 2. The van der Waals surface area contributed by atoms with Crippen molar-refractivity contribution in [2.45, 2.75) is 49.8 Å². The molecule has 0 radical (unpaired) electrons. The van der Waals surface area contributed by atoms with Gasteiger partial charge in [-0.25, -0.2) is 15.0 Å². The van der Waals surface area contributed by atoms with Crippen molar-refractivity contribution in [1.82, 2.24) is 29.4 Å². The van der Waals surface area contributed by atoms with Gasteiger partial charge in [0.25, 0.3) is 5.91 Å². The van der Waals surface area contributed by atoms with Crippen molar-refractivity contribution in [2.24, 2.45) is 7.05 Å². The van der Waals surface area contributed by atoms with Gasteiger partial charge >= 0.3 is 0 Å². The van der Waals surface area contributed by atoms with Crippen LogP contribution in [0, 0.1) is 0 Å².